The number of halogens is 2. The number of hydrogen-bond acceptors (Lipinski definition) is 1. The van der Waals surface area contributed by atoms with Crippen LogP contribution in [0.3, 0.4) is 0 Å². The van der Waals surface area contributed by atoms with E-state index >= 15 is 0 Å². The summed E-state index contributed by atoms with van der Waals surface area (Å²) < 4.78 is 13.1. The van der Waals surface area contributed by atoms with Gasteiger partial charge in [0.25, 0.3) is 0 Å². The summed E-state index contributed by atoms with van der Waals surface area (Å²) in [6.07, 6.45) is 1.70. The van der Waals surface area contributed by atoms with Crippen LogP contribution in [0.5, 0.6) is 0 Å². The Morgan fingerprint density at radius 2 is 2.31 bits per heavy atom. The number of hydrogen-bond donors (Lipinski definition) is 1. The van der Waals surface area contributed by atoms with Crippen molar-refractivity contribution in [3.63, 3.8) is 0 Å². The van der Waals surface area contributed by atoms with Crippen LogP contribution in [-0.4, -0.2) is 6.54 Å². The first-order valence-corrected chi connectivity index (χ1v) is 4.33. The molecule has 0 radical (unpaired) electrons. The average Bonchev–Trinajstić information content (AvgIpc) is 2.11. The van der Waals surface area contributed by atoms with E-state index in [0.717, 1.165) is 5.57 Å². The Hall–Kier alpha value is -0.860. The third-order valence-corrected chi connectivity index (χ3v) is 1.92. The molecule has 1 rings (SSSR count). The highest BCUT2D eigenvalue weighted by Crippen LogP contribution is 2.17. The lowest BCUT2D eigenvalue weighted by Gasteiger charge is -1.99. The van der Waals surface area contributed by atoms with Crippen LogP contribution in [0.25, 0.3) is 6.08 Å². The molecule has 70 valence electrons. The van der Waals surface area contributed by atoms with Gasteiger partial charge in [-0.15, -0.1) is 0 Å². The Morgan fingerprint density at radius 1 is 1.62 bits per heavy atom. The molecule has 0 heterocycles. The summed E-state index contributed by atoms with van der Waals surface area (Å²) in [4.78, 5) is 0. The lowest BCUT2D eigenvalue weighted by molar-refractivity contribution is 0.625. The number of benzene rings is 1. The fourth-order valence-electron chi connectivity index (χ4n) is 0.950. The van der Waals surface area contributed by atoms with E-state index < -0.39 is 0 Å². The molecule has 2 N–H and O–H groups in total. The van der Waals surface area contributed by atoms with Gasteiger partial charge in [0.05, 0.1) is 0 Å². The minimum absolute atomic E-state index is 0.280. The molecule has 13 heavy (non-hydrogen) atoms. The van der Waals surface area contributed by atoms with Gasteiger partial charge < -0.3 is 5.73 Å². The second-order valence-electron chi connectivity index (χ2n) is 2.86. The lowest BCUT2D eigenvalue weighted by Crippen LogP contribution is -1.99. The zero-order chi connectivity index (χ0) is 9.84. The van der Waals surface area contributed by atoms with E-state index in [4.69, 9.17) is 17.3 Å². The topological polar surface area (TPSA) is 26.0 Å². The van der Waals surface area contributed by atoms with Crippen molar-refractivity contribution in [2.75, 3.05) is 6.54 Å². The van der Waals surface area contributed by atoms with Gasteiger partial charge in [0.15, 0.2) is 0 Å². The maximum absolute atomic E-state index is 13.1. The van der Waals surface area contributed by atoms with Crippen molar-refractivity contribution >= 4 is 17.7 Å². The Kier molecular flexibility index (Phi) is 3.46. The van der Waals surface area contributed by atoms with Crippen LogP contribution in [0.1, 0.15) is 12.5 Å². The predicted molar refractivity (Wildman–Crippen MR) is 54.1 cm³/mol. The molecule has 0 aliphatic heterocycles. The molecule has 0 atom stereocenters. The van der Waals surface area contributed by atoms with E-state index in [1.165, 1.54) is 12.1 Å². The van der Waals surface area contributed by atoms with Gasteiger partial charge in [-0.3, -0.25) is 0 Å². The normalized spacial score (nSPS) is 11.8. The minimum Gasteiger partial charge on any atom is -0.327 e. The molecular formula is C10H11ClFN. The molecule has 0 saturated heterocycles. The Labute approximate surface area is 82.0 Å². The van der Waals surface area contributed by atoms with Crippen molar-refractivity contribution in [3.8, 4) is 0 Å². The van der Waals surface area contributed by atoms with Crippen LogP contribution in [-0.2, 0) is 0 Å². The molecule has 0 saturated carbocycles. The largest absolute Gasteiger partial charge is 0.327 e. The second kappa shape index (κ2) is 4.40. The van der Waals surface area contributed by atoms with Crippen LogP contribution < -0.4 is 5.73 Å². The fraction of sp³-hybridized carbons (Fsp3) is 0.200. The van der Waals surface area contributed by atoms with Gasteiger partial charge in [-0.05, 0) is 25.1 Å². The number of rotatable bonds is 2. The zero-order valence-corrected chi connectivity index (χ0v) is 8.11. The molecule has 0 fully saturated rings. The summed E-state index contributed by atoms with van der Waals surface area (Å²) in [6, 6.07) is 4.44. The van der Waals surface area contributed by atoms with E-state index in [1.54, 1.807) is 12.1 Å². The highest BCUT2D eigenvalue weighted by molar-refractivity contribution is 6.30. The maximum Gasteiger partial charge on any atom is 0.130 e. The SMILES string of the molecule is C/C(=C/c1cc(Cl)ccc1F)CN. The van der Waals surface area contributed by atoms with E-state index in [0.29, 0.717) is 17.1 Å². The van der Waals surface area contributed by atoms with E-state index in [9.17, 15) is 4.39 Å². The van der Waals surface area contributed by atoms with Crippen LogP contribution in [0.2, 0.25) is 5.02 Å². The molecular weight excluding hydrogens is 189 g/mol. The van der Waals surface area contributed by atoms with Gasteiger partial charge in [0.2, 0.25) is 0 Å². The van der Waals surface area contributed by atoms with E-state index in [2.05, 4.69) is 0 Å². The third kappa shape index (κ3) is 2.83. The van der Waals surface area contributed by atoms with Gasteiger partial charge in [-0.1, -0.05) is 23.3 Å². The molecule has 0 bridgehead atoms. The molecule has 1 nitrogen and oxygen atoms in total. The highest BCUT2D eigenvalue weighted by atomic mass is 35.5. The van der Waals surface area contributed by atoms with Crippen LogP contribution in [0.15, 0.2) is 23.8 Å². The Bertz CT molecular complexity index is 334. The Balaban J connectivity index is 3.07. The number of nitrogens with two attached hydrogens (primary N) is 1. The monoisotopic (exact) mass is 199 g/mol. The van der Waals surface area contributed by atoms with E-state index in [1.807, 2.05) is 6.92 Å². The quantitative estimate of drug-likeness (QED) is 0.779. The average molecular weight is 200 g/mol. The first-order valence-electron chi connectivity index (χ1n) is 3.96. The molecule has 0 spiro atoms. The van der Waals surface area contributed by atoms with Crippen molar-refractivity contribution in [1.29, 1.82) is 0 Å². The summed E-state index contributed by atoms with van der Waals surface area (Å²) in [5.74, 6) is -0.280. The van der Waals surface area contributed by atoms with Gasteiger partial charge >= 0.3 is 0 Å². The standard InChI is InChI=1S/C10H11ClFN/c1-7(6-13)4-8-5-9(11)2-3-10(8)12/h2-5H,6,13H2,1H3/b7-4-. The lowest BCUT2D eigenvalue weighted by atomic mass is 10.1. The first-order chi connectivity index (χ1) is 6.13. The molecule has 0 aromatic heterocycles. The summed E-state index contributed by atoms with van der Waals surface area (Å²) in [5.41, 5.74) is 6.78. The summed E-state index contributed by atoms with van der Waals surface area (Å²) in [5, 5.41) is 0.525. The molecule has 0 aliphatic rings. The Morgan fingerprint density at radius 3 is 2.92 bits per heavy atom. The molecule has 1 aromatic carbocycles. The molecule has 0 amide bonds. The highest BCUT2D eigenvalue weighted by Gasteiger charge is 1.99. The van der Waals surface area contributed by atoms with E-state index in [-0.39, 0.29) is 5.82 Å². The van der Waals surface area contributed by atoms with Crippen molar-refractivity contribution in [1.82, 2.24) is 0 Å². The summed E-state index contributed by atoms with van der Waals surface area (Å²) in [6.45, 7) is 2.27. The fourth-order valence-corrected chi connectivity index (χ4v) is 1.13. The zero-order valence-electron chi connectivity index (χ0n) is 7.35. The minimum atomic E-state index is -0.280. The summed E-state index contributed by atoms with van der Waals surface area (Å²) in [7, 11) is 0. The van der Waals surface area contributed by atoms with Crippen LogP contribution >= 0.6 is 11.6 Å². The van der Waals surface area contributed by atoms with Gasteiger partial charge in [-0.2, -0.15) is 0 Å². The van der Waals surface area contributed by atoms with Crippen molar-refractivity contribution < 1.29 is 4.39 Å². The van der Waals surface area contributed by atoms with Gasteiger partial charge in [0.1, 0.15) is 5.82 Å². The van der Waals surface area contributed by atoms with Crippen molar-refractivity contribution in [2.45, 2.75) is 6.92 Å². The molecule has 0 unspecified atom stereocenters. The third-order valence-electron chi connectivity index (χ3n) is 1.68. The predicted octanol–water partition coefficient (Wildman–Crippen LogP) is 2.84. The van der Waals surface area contributed by atoms with Gasteiger partial charge in [0, 0.05) is 17.1 Å². The first kappa shape index (κ1) is 10.2. The van der Waals surface area contributed by atoms with Crippen molar-refractivity contribution in [3.05, 3.63) is 40.2 Å². The molecule has 1 aromatic rings. The molecule has 0 aliphatic carbocycles. The second-order valence-corrected chi connectivity index (χ2v) is 3.30. The van der Waals surface area contributed by atoms with Crippen LogP contribution in [0, 0.1) is 5.82 Å². The summed E-state index contributed by atoms with van der Waals surface area (Å²) >= 11 is 5.72. The van der Waals surface area contributed by atoms with Crippen molar-refractivity contribution in [2.24, 2.45) is 5.73 Å². The van der Waals surface area contributed by atoms with Crippen LogP contribution in [0.4, 0.5) is 4.39 Å². The molecule has 3 heteroatoms. The maximum atomic E-state index is 13.1. The smallest absolute Gasteiger partial charge is 0.130 e. The van der Waals surface area contributed by atoms with Gasteiger partial charge in [-0.25, -0.2) is 4.39 Å².